The zero-order valence-electron chi connectivity index (χ0n) is 23.8. The number of hydrogen-bond acceptors (Lipinski definition) is 6. The number of rotatable bonds is 6. The highest BCUT2D eigenvalue weighted by molar-refractivity contribution is 6.37. The Morgan fingerprint density at radius 1 is 0.932 bits per heavy atom. The van der Waals surface area contributed by atoms with E-state index in [4.69, 9.17) is 32.9 Å². The number of Topliss-reactive ketones (excluding diaryl/α,β-unsaturated/α-hetero) is 1. The molecule has 2 aliphatic carbocycles. The number of pyridine rings is 1. The number of carbonyl (C=O) groups is 4. The van der Waals surface area contributed by atoms with Crippen LogP contribution in [0.15, 0.2) is 78.4 Å². The first-order valence-corrected chi connectivity index (χ1v) is 15.1. The highest BCUT2D eigenvalue weighted by Gasteiger charge is 2.60. The van der Waals surface area contributed by atoms with Crippen molar-refractivity contribution in [2.24, 2.45) is 23.7 Å². The molecular formula is C35H26Cl2N2O5. The van der Waals surface area contributed by atoms with E-state index in [1.807, 2.05) is 26.0 Å². The molecule has 3 aliphatic rings. The maximum Gasteiger partial charge on any atom is 0.339 e. The quantitative estimate of drug-likeness (QED) is 0.0970. The van der Waals surface area contributed by atoms with E-state index in [0.717, 1.165) is 12.0 Å². The Kier molecular flexibility index (Phi) is 6.91. The molecule has 220 valence electrons. The lowest BCUT2D eigenvalue weighted by molar-refractivity contribution is -0.123. The van der Waals surface area contributed by atoms with Gasteiger partial charge in [-0.05, 0) is 74.1 Å². The molecule has 4 unspecified atom stereocenters. The molecule has 1 saturated carbocycles. The first kappa shape index (κ1) is 28.4. The van der Waals surface area contributed by atoms with Crippen LogP contribution in [0.25, 0.3) is 22.2 Å². The molecule has 2 bridgehead atoms. The normalized spacial score (nSPS) is 22.0. The number of allylic oxidation sites excluding steroid dienone is 2. The van der Waals surface area contributed by atoms with E-state index in [1.165, 1.54) is 22.6 Å². The SMILES string of the molecule is CC1=CC2CC1C1C(=O)N(c3ccc(-c4cc(C(=O)OCC(=O)c5ccc(Cl)cc5Cl)c5cccc(C)c5n4)cc3)C(=O)C21. The highest BCUT2D eigenvalue weighted by Crippen LogP contribution is 2.56. The smallest absolute Gasteiger partial charge is 0.339 e. The number of fused-ring (bicyclic) bond motifs is 6. The van der Waals surface area contributed by atoms with Gasteiger partial charge in [-0.2, -0.15) is 0 Å². The molecule has 0 radical (unpaired) electrons. The Hall–Kier alpha value is -4.33. The first-order valence-electron chi connectivity index (χ1n) is 14.3. The summed E-state index contributed by atoms with van der Waals surface area (Å²) in [5.41, 5.74) is 4.86. The Bertz CT molecular complexity index is 1950. The summed E-state index contributed by atoms with van der Waals surface area (Å²) in [7, 11) is 0. The van der Waals surface area contributed by atoms with Gasteiger partial charge in [-0.1, -0.05) is 65.2 Å². The molecule has 9 heteroatoms. The van der Waals surface area contributed by atoms with Gasteiger partial charge in [0, 0.05) is 21.5 Å². The van der Waals surface area contributed by atoms with Crippen molar-refractivity contribution in [1.82, 2.24) is 4.98 Å². The number of hydrogen-bond donors (Lipinski definition) is 0. The summed E-state index contributed by atoms with van der Waals surface area (Å²) in [6, 6.07) is 18.7. The van der Waals surface area contributed by atoms with Gasteiger partial charge >= 0.3 is 5.97 Å². The molecule has 44 heavy (non-hydrogen) atoms. The van der Waals surface area contributed by atoms with E-state index < -0.39 is 18.4 Å². The molecule has 4 aromatic rings. The summed E-state index contributed by atoms with van der Waals surface area (Å²) < 4.78 is 5.45. The van der Waals surface area contributed by atoms with Crippen LogP contribution >= 0.6 is 23.2 Å². The number of aromatic nitrogens is 1. The van der Waals surface area contributed by atoms with Gasteiger partial charge in [0.2, 0.25) is 17.6 Å². The molecule has 7 rings (SSSR count). The van der Waals surface area contributed by atoms with Crippen molar-refractivity contribution < 1.29 is 23.9 Å². The molecule has 4 atom stereocenters. The first-order chi connectivity index (χ1) is 21.1. The largest absolute Gasteiger partial charge is 0.454 e. The molecule has 0 spiro atoms. The van der Waals surface area contributed by atoms with Crippen LogP contribution in [-0.4, -0.2) is 35.2 Å². The number of ketones is 1. The third-order valence-corrected chi connectivity index (χ3v) is 9.68. The second-order valence-electron chi connectivity index (χ2n) is 11.7. The summed E-state index contributed by atoms with van der Waals surface area (Å²) in [6.07, 6.45) is 3.04. The number of benzene rings is 3. The molecule has 1 aromatic heterocycles. The van der Waals surface area contributed by atoms with Gasteiger partial charge in [0.15, 0.2) is 6.61 Å². The van der Waals surface area contributed by atoms with E-state index in [2.05, 4.69) is 6.08 Å². The molecule has 2 fully saturated rings. The fraction of sp³-hybridized carbons (Fsp3) is 0.229. The van der Waals surface area contributed by atoms with E-state index in [1.54, 1.807) is 42.5 Å². The minimum Gasteiger partial charge on any atom is -0.454 e. The van der Waals surface area contributed by atoms with Crippen molar-refractivity contribution >= 4 is 63.4 Å². The van der Waals surface area contributed by atoms with Crippen LogP contribution in [0.4, 0.5) is 5.69 Å². The van der Waals surface area contributed by atoms with Crippen LogP contribution in [0, 0.1) is 30.6 Å². The van der Waals surface area contributed by atoms with Crippen LogP contribution in [-0.2, 0) is 14.3 Å². The molecular weight excluding hydrogens is 599 g/mol. The number of halogens is 2. The monoisotopic (exact) mass is 624 g/mol. The van der Waals surface area contributed by atoms with Crippen molar-refractivity contribution in [3.63, 3.8) is 0 Å². The van der Waals surface area contributed by atoms with Crippen LogP contribution in [0.1, 0.15) is 39.6 Å². The summed E-state index contributed by atoms with van der Waals surface area (Å²) in [6.45, 7) is 3.44. The Balaban J connectivity index is 1.17. The summed E-state index contributed by atoms with van der Waals surface area (Å²) >= 11 is 12.1. The zero-order valence-corrected chi connectivity index (χ0v) is 25.4. The third kappa shape index (κ3) is 4.54. The van der Waals surface area contributed by atoms with Crippen molar-refractivity contribution in [2.45, 2.75) is 20.3 Å². The number of ether oxygens (including phenoxy) is 1. The van der Waals surface area contributed by atoms with Crippen molar-refractivity contribution in [2.75, 3.05) is 11.5 Å². The number of aryl methyl sites for hydroxylation is 1. The lowest BCUT2D eigenvalue weighted by Crippen LogP contribution is -2.32. The van der Waals surface area contributed by atoms with Gasteiger partial charge in [-0.25, -0.2) is 9.78 Å². The predicted octanol–water partition coefficient (Wildman–Crippen LogP) is 7.26. The Morgan fingerprint density at radius 3 is 2.43 bits per heavy atom. The standard InChI is InChI=1S/C35H26Cl2N2O5/c1-17-4-3-5-23-26(35(43)44-16-29(40)24-11-8-21(36)14-27(24)37)15-28(38-32(17)23)19-6-9-22(10-7-19)39-33(41)30-20-12-18(2)25(13-20)31(30)34(39)42/h3-12,14-15,20,25,30-31H,13,16H2,1-2H3. The van der Waals surface area contributed by atoms with Crippen LogP contribution in [0.2, 0.25) is 10.0 Å². The maximum absolute atomic E-state index is 13.4. The Morgan fingerprint density at radius 2 is 1.68 bits per heavy atom. The van der Waals surface area contributed by atoms with Crippen LogP contribution in [0.3, 0.4) is 0 Å². The summed E-state index contributed by atoms with van der Waals surface area (Å²) in [5, 5.41) is 1.16. The van der Waals surface area contributed by atoms with Gasteiger partial charge in [-0.15, -0.1) is 0 Å². The van der Waals surface area contributed by atoms with Crippen LogP contribution in [0.5, 0.6) is 0 Å². The second kappa shape index (κ2) is 10.7. The second-order valence-corrected chi connectivity index (χ2v) is 12.5. The van der Waals surface area contributed by atoms with Gasteiger partial charge in [0.05, 0.1) is 39.3 Å². The number of carbonyl (C=O) groups excluding carboxylic acids is 4. The molecule has 0 N–H and O–H groups in total. The zero-order chi connectivity index (χ0) is 30.9. The number of anilines is 1. The number of esters is 1. The molecule has 7 nitrogen and oxygen atoms in total. The number of imide groups is 1. The highest BCUT2D eigenvalue weighted by atomic mass is 35.5. The van der Waals surface area contributed by atoms with Gasteiger partial charge in [-0.3, -0.25) is 19.3 Å². The minimum absolute atomic E-state index is 0.132. The van der Waals surface area contributed by atoms with Crippen molar-refractivity contribution in [3.05, 3.63) is 105 Å². The molecule has 2 amide bonds. The topological polar surface area (TPSA) is 93.6 Å². The number of amides is 2. The summed E-state index contributed by atoms with van der Waals surface area (Å²) in [4.78, 5) is 59.0. The maximum atomic E-state index is 13.4. The van der Waals surface area contributed by atoms with E-state index in [9.17, 15) is 19.2 Å². The fourth-order valence-corrected chi connectivity index (χ4v) is 7.53. The Labute approximate surface area is 263 Å². The average molecular weight is 626 g/mol. The molecule has 3 aromatic carbocycles. The van der Waals surface area contributed by atoms with Gasteiger partial charge in [0.1, 0.15) is 0 Å². The van der Waals surface area contributed by atoms with Gasteiger partial charge < -0.3 is 4.74 Å². The van der Waals surface area contributed by atoms with E-state index >= 15 is 0 Å². The number of nitrogens with zero attached hydrogens (tertiary/aromatic N) is 2. The average Bonchev–Trinajstić information content (AvgIpc) is 3.65. The van der Waals surface area contributed by atoms with Crippen molar-refractivity contribution in [1.29, 1.82) is 0 Å². The lowest BCUT2D eigenvalue weighted by Gasteiger charge is -2.19. The van der Waals surface area contributed by atoms with Crippen molar-refractivity contribution in [3.8, 4) is 11.3 Å². The molecule has 1 aliphatic heterocycles. The minimum atomic E-state index is -0.683. The molecule has 1 saturated heterocycles. The lowest BCUT2D eigenvalue weighted by atomic mass is 9.82. The van der Waals surface area contributed by atoms with Gasteiger partial charge in [0.25, 0.3) is 0 Å². The third-order valence-electron chi connectivity index (χ3n) is 9.13. The van der Waals surface area contributed by atoms with E-state index in [-0.39, 0.29) is 51.6 Å². The van der Waals surface area contributed by atoms with Crippen LogP contribution < -0.4 is 4.90 Å². The predicted molar refractivity (Wildman–Crippen MR) is 168 cm³/mol. The number of para-hydroxylation sites is 1. The summed E-state index contributed by atoms with van der Waals surface area (Å²) in [5.74, 6) is -1.69. The molecule has 2 heterocycles. The fourth-order valence-electron chi connectivity index (χ4n) is 7.02. The van der Waals surface area contributed by atoms with E-state index in [0.29, 0.717) is 32.9 Å².